The van der Waals surface area contributed by atoms with Gasteiger partial charge < -0.3 is 4.90 Å². The summed E-state index contributed by atoms with van der Waals surface area (Å²) in [5.41, 5.74) is 3.08. The van der Waals surface area contributed by atoms with E-state index in [1.807, 2.05) is 41.9 Å². The average Bonchev–Trinajstić information content (AvgIpc) is 3.38. The van der Waals surface area contributed by atoms with Crippen LogP contribution in [0.3, 0.4) is 0 Å². The third-order valence-electron chi connectivity index (χ3n) is 7.04. The molecule has 33 heavy (non-hydrogen) atoms. The Morgan fingerprint density at radius 1 is 0.939 bits per heavy atom. The van der Waals surface area contributed by atoms with Gasteiger partial charge in [0, 0.05) is 31.4 Å². The van der Waals surface area contributed by atoms with Crippen molar-refractivity contribution in [1.29, 1.82) is 0 Å². The van der Waals surface area contributed by atoms with Crippen molar-refractivity contribution in [3.05, 3.63) is 72.1 Å². The maximum Gasteiger partial charge on any atom is 0.221 e. The molecule has 0 N–H and O–H groups in total. The highest BCUT2D eigenvalue weighted by Crippen LogP contribution is 2.38. The Morgan fingerprint density at radius 2 is 1.67 bits per heavy atom. The summed E-state index contributed by atoms with van der Waals surface area (Å²) in [6, 6.07) is 18.3. The molecule has 0 saturated carbocycles. The Balaban J connectivity index is 1.26. The van der Waals surface area contributed by atoms with Crippen molar-refractivity contribution in [2.45, 2.75) is 56.5 Å². The van der Waals surface area contributed by atoms with Crippen LogP contribution in [0.15, 0.2) is 60.9 Å². The molecule has 1 aromatic heterocycles. The first-order chi connectivity index (χ1) is 16.0. The zero-order chi connectivity index (χ0) is 22.8. The molecule has 2 aromatic carbocycles. The molecular formula is C24H30N6O2S. The van der Waals surface area contributed by atoms with Gasteiger partial charge in [0.1, 0.15) is 11.6 Å². The topological polar surface area (TPSA) is 84.2 Å². The molecule has 2 saturated heterocycles. The average molecular weight is 467 g/mol. The van der Waals surface area contributed by atoms with Crippen LogP contribution in [0.4, 0.5) is 5.69 Å². The van der Waals surface area contributed by atoms with Gasteiger partial charge >= 0.3 is 0 Å². The Bertz CT molecular complexity index is 1140. The van der Waals surface area contributed by atoms with E-state index < -0.39 is 15.3 Å². The molecule has 0 aliphatic carbocycles. The second kappa shape index (κ2) is 9.23. The largest absolute Gasteiger partial charge is 0.371 e. The van der Waals surface area contributed by atoms with Gasteiger partial charge in [-0.25, -0.2) is 13.1 Å². The van der Waals surface area contributed by atoms with Gasteiger partial charge in [-0.05, 0) is 66.3 Å². The summed E-state index contributed by atoms with van der Waals surface area (Å²) in [5.74, 6) is 0. The monoisotopic (exact) mass is 466 g/mol. The molecule has 8 nitrogen and oxygen atoms in total. The number of tetrazole rings is 1. The summed E-state index contributed by atoms with van der Waals surface area (Å²) in [6.45, 7) is 4.32. The summed E-state index contributed by atoms with van der Waals surface area (Å²) < 4.78 is 30.5. The molecule has 0 bridgehead atoms. The Kier molecular flexibility index (Phi) is 6.16. The predicted octanol–water partition coefficient (Wildman–Crippen LogP) is 3.57. The van der Waals surface area contributed by atoms with Gasteiger partial charge in [-0.1, -0.05) is 42.5 Å². The number of benzene rings is 2. The number of aromatic nitrogens is 4. The highest BCUT2D eigenvalue weighted by Gasteiger charge is 2.40. The van der Waals surface area contributed by atoms with Crippen molar-refractivity contribution in [3.63, 3.8) is 0 Å². The lowest BCUT2D eigenvalue weighted by molar-refractivity contribution is 0.282. The molecule has 2 fully saturated rings. The van der Waals surface area contributed by atoms with Crippen LogP contribution < -0.4 is 4.90 Å². The highest BCUT2D eigenvalue weighted by atomic mass is 32.2. The van der Waals surface area contributed by atoms with Crippen LogP contribution in [-0.2, 0) is 16.6 Å². The van der Waals surface area contributed by atoms with E-state index in [1.54, 1.807) is 10.6 Å². The summed E-state index contributed by atoms with van der Waals surface area (Å²) in [4.78, 5) is 2.37. The number of sulfonamides is 1. The Morgan fingerprint density at radius 3 is 2.33 bits per heavy atom. The molecule has 174 valence electrons. The fourth-order valence-electron chi connectivity index (χ4n) is 5.07. The number of nitrogens with zero attached hydrogens (tertiary/aromatic N) is 6. The van der Waals surface area contributed by atoms with Crippen LogP contribution in [-0.4, -0.2) is 52.1 Å². The van der Waals surface area contributed by atoms with E-state index in [2.05, 4.69) is 44.7 Å². The van der Waals surface area contributed by atoms with Gasteiger partial charge in [-0.15, -0.1) is 5.10 Å². The zero-order valence-corrected chi connectivity index (χ0v) is 19.7. The summed E-state index contributed by atoms with van der Waals surface area (Å²) in [5, 5.41) is 11.1. The lowest BCUT2D eigenvalue weighted by Crippen LogP contribution is -2.44. The fraction of sp³-hybridized carbons (Fsp3) is 0.458. The zero-order valence-electron chi connectivity index (χ0n) is 18.9. The second-order valence-electron chi connectivity index (χ2n) is 9.09. The van der Waals surface area contributed by atoms with Crippen LogP contribution in [0.25, 0.3) is 0 Å². The minimum Gasteiger partial charge on any atom is -0.371 e. The normalized spacial score (nSPS) is 24.1. The molecule has 2 aliphatic rings. The van der Waals surface area contributed by atoms with E-state index in [0.29, 0.717) is 19.0 Å². The van der Waals surface area contributed by atoms with Gasteiger partial charge in [0.2, 0.25) is 10.0 Å². The summed E-state index contributed by atoms with van der Waals surface area (Å²) in [7, 11) is -3.42. The van der Waals surface area contributed by atoms with Gasteiger partial charge in [-0.2, -0.15) is 4.31 Å². The maximum absolute atomic E-state index is 13.5. The van der Waals surface area contributed by atoms with E-state index in [-0.39, 0.29) is 6.04 Å². The maximum atomic E-state index is 13.5. The third-order valence-corrected chi connectivity index (χ3v) is 9.41. The Hall–Kier alpha value is -2.78. The smallest absolute Gasteiger partial charge is 0.221 e. The van der Waals surface area contributed by atoms with E-state index in [0.717, 1.165) is 43.5 Å². The lowest BCUT2D eigenvalue weighted by Gasteiger charge is -2.37. The minimum absolute atomic E-state index is 0.0000535. The summed E-state index contributed by atoms with van der Waals surface area (Å²) >= 11 is 0. The number of rotatable bonds is 5. The number of hydrogen-bond donors (Lipinski definition) is 0. The first kappa shape index (κ1) is 22.0. The second-order valence-corrected chi connectivity index (χ2v) is 11.2. The predicted molar refractivity (Wildman–Crippen MR) is 127 cm³/mol. The Labute approximate surface area is 195 Å². The van der Waals surface area contributed by atoms with Gasteiger partial charge in [0.05, 0.1) is 6.04 Å². The van der Waals surface area contributed by atoms with Crippen molar-refractivity contribution in [2.24, 2.45) is 0 Å². The summed E-state index contributed by atoms with van der Waals surface area (Å²) in [6.07, 6.45) is 5.22. The fourth-order valence-corrected chi connectivity index (χ4v) is 7.27. The van der Waals surface area contributed by atoms with Crippen LogP contribution in [0.5, 0.6) is 0 Å². The molecule has 5 rings (SSSR count). The van der Waals surface area contributed by atoms with Crippen LogP contribution in [0, 0.1) is 0 Å². The number of hydrogen-bond acceptors (Lipinski definition) is 6. The molecule has 0 spiro atoms. The third kappa shape index (κ3) is 4.52. The molecule has 0 amide bonds. The SMILES string of the molecule is C[C@H]1CCC(c2ccccc2)S(=O)(=O)N1Cc1ccc(N2CCC(n3cnnn3)CC2)cc1. The quantitative estimate of drug-likeness (QED) is 0.572. The van der Waals surface area contributed by atoms with E-state index in [1.165, 1.54) is 5.69 Å². The lowest BCUT2D eigenvalue weighted by atomic mass is 10.0. The van der Waals surface area contributed by atoms with Crippen molar-refractivity contribution in [3.8, 4) is 0 Å². The number of piperidine rings is 1. The van der Waals surface area contributed by atoms with Crippen molar-refractivity contribution < 1.29 is 8.42 Å². The molecule has 0 radical (unpaired) electrons. The molecule has 1 unspecified atom stereocenters. The molecular weight excluding hydrogens is 436 g/mol. The van der Waals surface area contributed by atoms with Gasteiger partial charge in [-0.3, -0.25) is 0 Å². The van der Waals surface area contributed by atoms with Gasteiger partial charge in [0.25, 0.3) is 0 Å². The minimum atomic E-state index is -3.42. The number of anilines is 1. The molecule has 3 heterocycles. The first-order valence-corrected chi connectivity index (χ1v) is 13.1. The van der Waals surface area contributed by atoms with Crippen molar-refractivity contribution >= 4 is 15.7 Å². The molecule has 9 heteroatoms. The van der Waals surface area contributed by atoms with Crippen molar-refractivity contribution in [2.75, 3.05) is 18.0 Å². The molecule has 2 atom stereocenters. The van der Waals surface area contributed by atoms with Crippen LogP contribution in [0.1, 0.15) is 55.0 Å². The van der Waals surface area contributed by atoms with Crippen LogP contribution in [0.2, 0.25) is 0 Å². The molecule has 3 aromatic rings. The highest BCUT2D eigenvalue weighted by molar-refractivity contribution is 7.89. The van der Waals surface area contributed by atoms with E-state index in [9.17, 15) is 8.42 Å². The van der Waals surface area contributed by atoms with E-state index >= 15 is 0 Å². The standard InChI is InChI=1S/C24H30N6O2S/c1-19-7-12-24(21-5-3-2-4-6-21)33(31,32)30(19)17-20-8-10-22(11-9-20)28-15-13-23(14-16-28)29-18-25-26-27-29/h2-6,8-11,18-19,23-24H,7,12-17H2,1H3/t19-,24?/m0/s1. The first-order valence-electron chi connectivity index (χ1n) is 11.6. The van der Waals surface area contributed by atoms with E-state index in [4.69, 9.17) is 0 Å². The van der Waals surface area contributed by atoms with Gasteiger partial charge in [0.15, 0.2) is 0 Å². The van der Waals surface area contributed by atoms with Crippen molar-refractivity contribution in [1.82, 2.24) is 24.5 Å². The molecule has 2 aliphatic heterocycles. The van der Waals surface area contributed by atoms with Crippen LogP contribution >= 0.6 is 0 Å².